The van der Waals surface area contributed by atoms with Crippen LogP contribution in [0.3, 0.4) is 0 Å². The Morgan fingerprint density at radius 1 is 1.12 bits per heavy atom. The predicted octanol–water partition coefficient (Wildman–Crippen LogP) is 3.41. The Morgan fingerprint density at radius 2 is 1.84 bits per heavy atom. The summed E-state index contributed by atoms with van der Waals surface area (Å²) in [5.74, 6) is -0.0901. The summed E-state index contributed by atoms with van der Waals surface area (Å²) < 4.78 is 28.2. The average molecular weight is 374 g/mol. The van der Waals surface area contributed by atoms with Gasteiger partial charge in [0, 0.05) is 18.5 Å². The molecule has 0 unspecified atom stereocenters. The summed E-state index contributed by atoms with van der Waals surface area (Å²) in [6.07, 6.45) is 1.40. The molecule has 0 saturated carbocycles. The smallest absolute Gasteiger partial charge is 0.240 e. The van der Waals surface area contributed by atoms with Gasteiger partial charge in [-0.1, -0.05) is 24.3 Å². The van der Waals surface area contributed by atoms with Gasteiger partial charge in [-0.3, -0.25) is 4.79 Å². The van der Waals surface area contributed by atoms with E-state index in [1.807, 2.05) is 24.3 Å². The lowest BCUT2D eigenvalue weighted by Crippen LogP contribution is -2.25. The molecule has 0 spiro atoms. The van der Waals surface area contributed by atoms with Crippen molar-refractivity contribution in [1.82, 2.24) is 9.71 Å². The molecule has 0 aliphatic carbocycles. The lowest BCUT2D eigenvalue weighted by Gasteiger charge is -2.06. The summed E-state index contributed by atoms with van der Waals surface area (Å²) in [7, 11) is -3.56. The van der Waals surface area contributed by atoms with Gasteiger partial charge in [0.15, 0.2) is 5.78 Å². The number of aromatic nitrogens is 1. The van der Waals surface area contributed by atoms with Crippen molar-refractivity contribution in [3.8, 4) is 0 Å². The molecule has 7 heteroatoms. The maximum atomic E-state index is 12.3. The van der Waals surface area contributed by atoms with Crippen LogP contribution in [-0.2, 0) is 16.4 Å². The number of aryl methyl sites for hydroxylation is 1. The van der Waals surface area contributed by atoms with Crippen molar-refractivity contribution in [2.75, 3.05) is 6.54 Å². The molecule has 5 nitrogen and oxygen atoms in total. The number of ketones is 1. The number of sulfonamides is 1. The molecule has 1 aromatic heterocycles. The minimum absolute atomic E-state index is 0.0901. The largest absolute Gasteiger partial charge is 0.295 e. The molecule has 0 aliphatic rings. The first-order chi connectivity index (χ1) is 12.0. The fourth-order valence-corrected chi connectivity index (χ4v) is 4.51. The zero-order valence-corrected chi connectivity index (χ0v) is 15.4. The number of fused-ring (bicyclic) bond motifs is 1. The first kappa shape index (κ1) is 17.7. The average Bonchev–Trinajstić information content (AvgIpc) is 3.01. The van der Waals surface area contributed by atoms with E-state index in [-0.39, 0.29) is 10.7 Å². The van der Waals surface area contributed by atoms with Gasteiger partial charge >= 0.3 is 0 Å². The van der Waals surface area contributed by atoms with Crippen LogP contribution in [-0.4, -0.2) is 25.7 Å². The Morgan fingerprint density at radius 3 is 2.52 bits per heavy atom. The predicted molar refractivity (Wildman–Crippen MR) is 99.6 cm³/mol. The highest BCUT2D eigenvalue weighted by Gasteiger charge is 2.14. The van der Waals surface area contributed by atoms with Crippen LogP contribution in [0.15, 0.2) is 53.4 Å². The zero-order chi connectivity index (χ0) is 17.9. The number of hydrogen-bond donors (Lipinski definition) is 1. The van der Waals surface area contributed by atoms with Gasteiger partial charge in [0.1, 0.15) is 0 Å². The Labute approximate surface area is 150 Å². The minimum Gasteiger partial charge on any atom is -0.295 e. The van der Waals surface area contributed by atoms with Crippen molar-refractivity contribution in [1.29, 1.82) is 0 Å². The van der Waals surface area contributed by atoms with Crippen LogP contribution in [0.5, 0.6) is 0 Å². The van der Waals surface area contributed by atoms with Crippen LogP contribution in [0.1, 0.15) is 28.7 Å². The van der Waals surface area contributed by atoms with E-state index in [1.165, 1.54) is 31.2 Å². The molecule has 0 fully saturated rings. The molecule has 0 bridgehead atoms. The van der Waals surface area contributed by atoms with E-state index in [4.69, 9.17) is 0 Å². The number of hydrogen-bond acceptors (Lipinski definition) is 5. The number of rotatable bonds is 7. The first-order valence-electron chi connectivity index (χ1n) is 7.91. The molecule has 0 amide bonds. The third kappa shape index (κ3) is 4.31. The van der Waals surface area contributed by atoms with Crippen LogP contribution >= 0.6 is 11.3 Å². The number of carbonyl (C=O) groups is 1. The van der Waals surface area contributed by atoms with Gasteiger partial charge in [-0.25, -0.2) is 18.1 Å². The first-order valence-corrected chi connectivity index (χ1v) is 10.2. The number of nitrogens with zero attached hydrogens (tertiary/aromatic N) is 1. The maximum Gasteiger partial charge on any atom is 0.240 e. The highest BCUT2D eigenvalue weighted by Crippen LogP contribution is 2.22. The second kappa shape index (κ2) is 7.43. The lowest BCUT2D eigenvalue weighted by molar-refractivity contribution is 0.101. The van der Waals surface area contributed by atoms with Gasteiger partial charge in [0.05, 0.1) is 20.1 Å². The summed E-state index contributed by atoms with van der Waals surface area (Å²) in [6, 6.07) is 13.9. The number of thiazole rings is 1. The number of carbonyl (C=O) groups excluding carboxylic acids is 1. The highest BCUT2D eigenvalue weighted by molar-refractivity contribution is 7.89. The van der Waals surface area contributed by atoms with Crippen LogP contribution in [0.2, 0.25) is 0 Å². The second-order valence-corrected chi connectivity index (χ2v) is 8.54. The van der Waals surface area contributed by atoms with Crippen LogP contribution in [0.4, 0.5) is 0 Å². The lowest BCUT2D eigenvalue weighted by atomic mass is 10.2. The molecule has 0 atom stereocenters. The van der Waals surface area contributed by atoms with Crippen molar-refractivity contribution in [2.24, 2.45) is 0 Å². The molecule has 3 aromatic rings. The quantitative estimate of drug-likeness (QED) is 0.508. The van der Waals surface area contributed by atoms with E-state index in [2.05, 4.69) is 9.71 Å². The van der Waals surface area contributed by atoms with E-state index in [0.717, 1.165) is 21.6 Å². The third-order valence-corrected chi connectivity index (χ3v) is 6.34. The van der Waals surface area contributed by atoms with Crippen molar-refractivity contribution in [2.45, 2.75) is 24.7 Å². The number of para-hydroxylation sites is 1. The fourth-order valence-electron chi connectivity index (χ4n) is 2.43. The van der Waals surface area contributed by atoms with E-state index < -0.39 is 10.0 Å². The highest BCUT2D eigenvalue weighted by atomic mass is 32.2. The summed E-state index contributed by atoms with van der Waals surface area (Å²) in [4.78, 5) is 16.0. The standard InChI is InChI=1S/C18H18N2O3S2/c1-13(21)14-8-10-15(11-9-14)25(22,23)19-12-4-7-18-20-16-5-2-3-6-17(16)24-18/h2-3,5-6,8-11,19H,4,7,12H2,1H3. The van der Waals surface area contributed by atoms with Crippen LogP contribution in [0.25, 0.3) is 10.2 Å². The third-order valence-electron chi connectivity index (χ3n) is 3.77. The molecule has 0 aliphatic heterocycles. The Kier molecular flexibility index (Phi) is 5.27. The molecule has 0 radical (unpaired) electrons. The Bertz CT molecular complexity index is 960. The SMILES string of the molecule is CC(=O)c1ccc(S(=O)(=O)NCCCc2nc3ccccc3s2)cc1. The van der Waals surface area contributed by atoms with E-state index in [1.54, 1.807) is 11.3 Å². The van der Waals surface area contributed by atoms with Gasteiger partial charge in [-0.15, -0.1) is 11.3 Å². The van der Waals surface area contributed by atoms with Gasteiger partial charge in [0.2, 0.25) is 10.0 Å². The molecule has 1 heterocycles. The topological polar surface area (TPSA) is 76.1 Å². The summed E-state index contributed by atoms with van der Waals surface area (Å²) in [6.45, 7) is 1.79. The zero-order valence-electron chi connectivity index (χ0n) is 13.7. The molecule has 1 N–H and O–H groups in total. The second-order valence-electron chi connectivity index (χ2n) is 5.66. The molecular weight excluding hydrogens is 356 g/mol. The molecule has 3 rings (SSSR count). The monoisotopic (exact) mass is 374 g/mol. The molecule has 2 aromatic carbocycles. The van der Waals surface area contributed by atoms with Gasteiger partial charge < -0.3 is 0 Å². The van der Waals surface area contributed by atoms with Gasteiger partial charge in [-0.05, 0) is 37.6 Å². The van der Waals surface area contributed by atoms with Crippen LogP contribution in [0, 0.1) is 0 Å². The van der Waals surface area contributed by atoms with Gasteiger partial charge in [-0.2, -0.15) is 0 Å². The van der Waals surface area contributed by atoms with Crippen molar-refractivity contribution in [3.05, 3.63) is 59.1 Å². The van der Waals surface area contributed by atoms with E-state index in [9.17, 15) is 13.2 Å². The Balaban J connectivity index is 1.56. The number of benzene rings is 2. The molecular formula is C18H18N2O3S2. The summed E-state index contributed by atoms with van der Waals surface area (Å²) in [5, 5.41) is 1.01. The summed E-state index contributed by atoms with van der Waals surface area (Å²) in [5.41, 5.74) is 1.48. The number of Topliss-reactive ketones (excluding diaryl/α,β-unsaturated/α-hetero) is 1. The number of nitrogens with one attached hydrogen (secondary N) is 1. The fraction of sp³-hybridized carbons (Fsp3) is 0.222. The normalized spacial score (nSPS) is 11.7. The minimum atomic E-state index is -3.56. The molecule has 0 saturated heterocycles. The van der Waals surface area contributed by atoms with Crippen molar-refractivity contribution < 1.29 is 13.2 Å². The van der Waals surface area contributed by atoms with Gasteiger partial charge in [0.25, 0.3) is 0 Å². The van der Waals surface area contributed by atoms with E-state index >= 15 is 0 Å². The maximum absolute atomic E-state index is 12.3. The van der Waals surface area contributed by atoms with Crippen LogP contribution < -0.4 is 4.72 Å². The molecule has 25 heavy (non-hydrogen) atoms. The molecule has 130 valence electrons. The van der Waals surface area contributed by atoms with E-state index in [0.29, 0.717) is 18.5 Å². The Hall–Kier alpha value is -2.09. The summed E-state index contributed by atoms with van der Waals surface area (Å²) >= 11 is 1.64. The van der Waals surface area contributed by atoms with Crippen molar-refractivity contribution in [3.63, 3.8) is 0 Å². The van der Waals surface area contributed by atoms with Crippen molar-refractivity contribution >= 4 is 37.4 Å².